The minimum atomic E-state index is -0.509. The van der Waals surface area contributed by atoms with Gasteiger partial charge in [-0.25, -0.2) is 0 Å². The summed E-state index contributed by atoms with van der Waals surface area (Å²) in [6.07, 6.45) is 0. The summed E-state index contributed by atoms with van der Waals surface area (Å²) in [5, 5.41) is 5.34. The van der Waals surface area contributed by atoms with E-state index in [0.29, 0.717) is 29.2 Å². The fourth-order valence-electron chi connectivity index (χ4n) is 2.62. The average molecular weight is 403 g/mol. The van der Waals surface area contributed by atoms with E-state index in [9.17, 15) is 14.4 Å². The molecule has 0 saturated heterocycles. The van der Waals surface area contributed by atoms with Crippen LogP contribution in [0.25, 0.3) is 0 Å². The number of nitrogens with two attached hydrogens (primary N) is 1. The van der Waals surface area contributed by atoms with E-state index in [1.54, 1.807) is 48.5 Å². The van der Waals surface area contributed by atoms with E-state index < -0.39 is 5.91 Å². The Kier molecular flexibility index (Phi) is 6.78. The third-order valence-electron chi connectivity index (χ3n) is 4.23. The van der Waals surface area contributed by atoms with Crippen LogP contribution in [0.3, 0.4) is 0 Å². The fourth-order valence-corrected chi connectivity index (χ4v) is 2.62. The highest BCUT2D eigenvalue weighted by molar-refractivity contribution is 5.96. The highest BCUT2D eigenvalue weighted by Crippen LogP contribution is 2.22. The van der Waals surface area contributed by atoms with Crippen LogP contribution in [-0.2, 0) is 11.3 Å². The number of nitrogens with one attached hydrogen (secondary N) is 2. The number of carbonyl (C=O) groups is 3. The minimum Gasteiger partial charge on any atom is -0.457 e. The molecule has 3 rings (SSSR count). The molecule has 0 unspecified atom stereocenters. The fraction of sp³-hybridized carbons (Fsp3) is 0.0870. The van der Waals surface area contributed by atoms with Gasteiger partial charge in [0.15, 0.2) is 0 Å². The molecule has 0 aliphatic carbocycles. The lowest BCUT2D eigenvalue weighted by molar-refractivity contribution is -0.120. The maximum atomic E-state index is 12.2. The van der Waals surface area contributed by atoms with Gasteiger partial charge in [0.25, 0.3) is 5.91 Å². The standard InChI is InChI=1S/C23H21N3O4/c24-22(28)17-6-10-19(11-7-17)30-20-12-8-18(9-13-20)23(29)26-15-21(27)25-14-16-4-2-1-3-5-16/h1-13H,14-15H2,(H2,24,28)(H,25,27)(H,26,29). The zero-order valence-electron chi connectivity index (χ0n) is 16.1. The molecule has 7 nitrogen and oxygen atoms in total. The third kappa shape index (κ3) is 5.93. The first-order valence-corrected chi connectivity index (χ1v) is 9.28. The van der Waals surface area contributed by atoms with Crippen molar-refractivity contribution in [1.29, 1.82) is 0 Å². The predicted octanol–water partition coefficient (Wildman–Crippen LogP) is 2.62. The predicted molar refractivity (Wildman–Crippen MR) is 112 cm³/mol. The van der Waals surface area contributed by atoms with Crippen LogP contribution >= 0.6 is 0 Å². The molecule has 0 aliphatic rings. The molecule has 152 valence electrons. The number of hydrogen-bond donors (Lipinski definition) is 3. The van der Waals surface area contributed by atoms with E-state index in [1.807, 2.05) is 30.3 Å². The van der Waals surface area contributed by atoms with Gasteiger partial charge in [0.1, 0.15) is 11.5 Å². The molecule has 0 fully saturated rings. The molecule has 0 bridgehead atoms. The number of primary amides is 1. The van der Waals surface area contributed by atoms with E-state index >= 15 is 0 Å². The topological polar surface area (TPSA) is 111 Å². The highest BCUT2D eigenvalue weighted by atomic mass is 16.5. The van der Waals surface area contributed by atoms with Crippen molar-refractivity contribution < 1.29 is 19.1 Å². The van der Waals surface area contributed by atoms with Gasteiger partial charge in [0.05, 0.1) is 6.54 Å². The van der Waals surface area contributed by atoms with E-state index in [0.717, 1.165) is 5.56 Å². The molecule has 3 aromatic carbocycles. The smallest absolute Gasteiger partial charge is 0.251 e. The summed E-state index contributed by atoms with van der Waals surface area (Å²) < 4.78 is 5.67. The second-order valence-electron chi connectivity index (χ2n) is 6.46. The number of amides is 3. The van der Waals surface area contributed by atoms with Crippen LogP contribution in [0.1, 0.15) is 26.3 Å². The van der Waals surface area contributed by atoms with Gasteiger partial charge in [0.2, 0.25) is 11.8 Å². The Morgan fingerprint density at radius 3 is 1.87 bits per heavy atom. The molecule has 4 N–H and O–H groups in total. The van der Waals surface area contributed by atoms with Gasteiger partial charge in [-0.15, -0.1) is 0 Å². The van der Waals surface area contributed by atoms with Crippen molar-refractivity contribution in [3.8, 4) is 11.5 Å². The van der Waals surface area contributed by atoms with Crippen molar-refractivity contribution in [3.05, 3.63) is 95.6 Å². The first kappa shape index (κ1) is 20.6. The molecular formula is C23H21N3O4. The molecule has 30 heavy (non-hydrogen) atoms. The zero-order valence-corrected chi connectivity index (χ0v) is 16.1. The molecule has 0 aromatic heterocycles. The summed E-state index contributed by atoms with van der Waals surface area (Å²) in [5.41, 5.74) is 6.98. The van der Waals surface area contributed by atoms with Crippen molar-refractivity contribution in [2.45, 2.75) is 6.54 Å². The molecule has 0 aliphatic heterocycles. The molecule has 7 heteroatoms. The summed E-state index contributed by atoms with van der Waals surface area (Å²) in [4.78, 5) is 35.2. The van der Waals surface area contributed by atoms with Gasteiger partial charge in [-0.1, -0.05) is 30.3 Å². The maximum absolute atomic E-state index is 12.2. The molecule has 0 heterocycles. The van der Waals surface area contributed by atoms with Gasteiger partial charge < -0.3 is 21.1 Å². The first-order valence-electron chi connectivity index (χ1n) is 9.28. The van der Waals surface area contributed by atoms with E-state index in [2.05, 4.69) is 10.6 Å². The Bertz CT molecular complexity index is 1020. The quantitative estimate of drug-likeness (QED) is 0.537. The van der Waals surface area contributed by atoms with Crippen LogP contribution in [0.5, 0.6) is 11.5 Å². The second-order valence-corrected chi connectivity index (χ2v) is 6.46. The van der Waals surface area contributed by atoms with Crippen LogP contribution in [0.15, 0.2) is 78.9 Å². The van der Waals surface area contributed by atoms with Crippen molar-refractivity contribution in [2.75, 3.05) is 6.54 Å². The van der Waals surface area contributed by atoms with Gasteiger partial charge in [-0.2, -0.15) is 0 Å². The lowest BCUT2D eigenvalue weighted by atomic mass is 10.2. The molecule has 0 saturated carbocycles. The lowest BCUT2D eigenvalue weighted by Gasteiger charge is -2.09. The molecular weight excluding hydrogens is 382 g/mol. The van der Waals surface area contributed by atoms with Crippen molar-refractivity contribution in [2.24, 2.45) is 5.73 Å². The Morgan fingerprint density at radius 2 is 1.30 bits per heavy atom. The number of ether oxygens (including phenoxy) is 1. The van der Waals surface area contributed by atoms with Crippen molar-refractivity contribution in [3.63, 3.8) is 0 Å². The van der Waals surface area contributed by atoms with E-state index in [1.165, 1.54) is 0 Å². The first-order chi connectivity index (χ1) is 14.5. The van der Waals surface area contributed by atoms with Crippen LogP contribution in [0.4, 0.5) is 0 Å². The summed E-state index contributed by atoms with van der Waals surface area (Å²) in [6, 6.07) is 22.4. The van der Waals surface area contributed by atoms with Crippen molar-refractivity contribution in [1.82, 2.24) is 10.6 Å². The van der Waals surface area contributed by atoms with E-state index in [4.69, 9.17) is 10.5 Å². The van der Waals surface area contributed by atoms with Gasteiger partial charge in [0, 0.05) is 17.7 Å². The van der Waals surface area contributed by atoms with Gasteiger partial charge in [-0.05, 0) is 54.1 Å². The molecule has 3 aromatic rings. The largest absolute Gasteiger partial charge is 0.457 e. The average Bonchev–Trinajstić information content (AvgIpc) is 2.77. The van der Waals surface area contributed by atoms with Gasteiger partial charge in [-0.3, -0.25) is 14.4 Å². The SMILES string of the molecule is NC(=O)c1ccc(Oc2ccc(C(=O)NCC(=O)NCc3ccccc3)cc2)cc1. The Morgan fingerprint density at radius 1 is 0.733 bits per heavy atom. The number of hydrogen-bond acceptors (Lipinski definition) is 4. The summed E-state index contributed by atoms with van der Waals surface area (Å²) in [5.74, 6) is -0.0780. The Balaban J connectivity index is 1.47. The number of rotatable bonds is 8. The van der Waals surface area contributed by atoms with Crippen LogP contribution in [0, 0.1) is 0 Å². The van der Waals surface area contributed by atoms with Crippen LogP contribution < -0.4 is 21.1 Å². The number of benzene rings is 3. The lowest BCUT2D eigenvalue weighted by Crippen LogP contribution is -2.36. The zero-order chi connectivity index (χ0) is 21.3. The minimum absolute atomic E-state index is 0.115. The van der Waals surface area contributed by atoms with E-state index in [-0.39, 0.29) is 18.4 Å². The highest BCUT2D eigenvalue weighted by Gasteiger charge is 2.09. The second kappa shape index (κ2) is 9.88. The van der Waals surface area contributed by atoms with Crippen LogP contribution in [-0.4, -0.2) is 24.3 Å². The maximum Gasteiger partial charge on any atom is 0.251 e. The summed E-state index contributed by atoms with van der Waals surface area (Å²) in [7, 11) is 0. The Hall–Kier alpha value is -4.13. The van der Waals surface area contributed by atoms with Crippen molar-refractivity contribution >= 4 is 17.7 Å². The molecule has 0 spiro atoms. The normalized spacial score (nSPS) is 10.1. The van der Waals surface area contributed by atoms with Gasteiger partial charge >= 0.3 is 0 Å². The number of carbonyl (C=O) groups excluding carboxylic acids is 3. The Labute approximate surface area is 173 Å². The van der Waals surface area contributed by atoms with Crippen LogP contribution in [0.2, 0.25) is 0 Å². The summed E-state index contributed by atoms with van der Waals surface area (Å²) >= 11 is 0. The molecule has 0 atom stereocenters. The molecule has 0 radical (unpaired) electrons. The summed E-state index contributed by atoms with van der Waals surface area (Å²) in [6.45, 7) is 0.290. The molecule has 3 amide bonds. The third-order valence-corrected chi connectivity index (χ3v) is 4.23. The monoisotopic (exact) mass is 403 g/mol.